The zero-order valence-corrected chi connectivity index (χ0v) is 7.92. The molecule has 0 saturated carbocycles. The quantitative estimate of drug-likeness (QED) is 0.437. The summed E-state index contributed by atoms with van der Waals surface area (Å²) in [6, 6.07) is 2.39. The number of hydrogen-bond acceptors (Lipinski definition) is 3. The van der Waals surface area contributed by atoms with Crippen LogP contribution in [0.4, 0.5) is 8.78 Å². The maximum Gasteiger partial charge on any atom is 0.313 e. The van der Waals surface area contributed by atoms with E-state index in [4.69, 9.17) is 0 Å². The van der Waals surface area contributed by atoms with Crippen LogP contribution in [0.2, 0.25) is 0 Å². The summed E-state index contributed by atoms with van der Waals surface area (Å²) in [6.07, 6.45) is -0.528. The topological polar surface area (TPSA) is 43.4 Å². The number of carbonyl (C=O) groups is 2. The lowest BCUT2D eigenvalue weighted by Gasteiger charge is -2.00. The van der Waals surface area contributed by atoms with Crippen LogP contribution in [-0.4, -0.2) is 18.9 Å². The Hall–Kier alpha value is -1.78. The summed E-state index contributed by atoms with van der Waals surface area (Å²) in [4.78, 5) is 22.0. The molecule has 1 rings (SSSR count). The van der Waals surface area contributed by atoms with Crippen molar-refractivity contribution in [3.05, 3.63) is 35.4 Å². The Morgan fingerprint density at radius 2 is 1.73 bits per heavy atom. The van der Waals surface area contributed by atoms with E-state index in [1.54, 1.807) is 0 Å². The molecule has 1 aromatic rings. The Morgan fingerprint density at radius 3 is 2.20 bits per heavy atom. The van der Waals surface area contributed by atoms with Gasteiger partial charge in [0.1, 0.15) is 18.1 Å². The smallest absolute Gasteiger partial charge is 0.313 e. The number of ether oxygens (including phenoxy) is 1. The Bertz CT molecular complexity index is 381. The predicted molar refractivity (Wildman–Crippen MR) is 47.3 cm³/mol. The van der Waals surface area contributed by atoms with Crippen LogP contribution in [0, 0.1) is 11.6 Å². The predicted octanol–water partition coefficient (Wildman–Crippen LogP) is 1.71. The average molecular weight is 214 g/mol. The van der Waals surface area contributed by atoms with Crippen molar-refractivity contribution in [1.29, 1.82) is 0 Å². The monoisotopic (exact) mass is 214 g/mol. The van der Waals surface area contributed by atoms with Crippen molar-refractivity contribution in [1.82, 2.24) is 0 Å². The molecule has 0 amide bonds. The molecule has 0 heterocycles. The second-order valence-corrected chi connectivity index (χ2v) is 2.83. The molecule has 5 heteroatoms. The molecule has 0 radical (unpaired) electrons. The van der Waals surface area contributed by atoms with Gasteiger partial charge in [-0.1, -0.05) is 0 Å². The van der Waals surface area contributed by atoms with Gasteiger partial charge in [0, 0.05) is 11.6 Å². The lowest BCUT2D eigenvalue weighted by atomic mass is 10.1. The third-order valence-corrected chi connectivity index (χ3v) is 1.72. The summed E-state index contributed by atoms with van der Waals surface area (Å²) < 4.78 is 29.7. The molecule has 1 aromatic carbocycles. The van der Waals surface area contributed by atoms with E-state index >= 15 is 0 Å². The van der Waals surface area contributed by atoms with Crippen molar-refractivity contribution < 1.29 is 23.1 Å². The highest BCUT2D eigenvalue weighted by Gasteiger charge is 2.13. The fraction of sp³-hybridized carbons (Fsp3) is 0.200. The lowest BCUT2D eigenvalue weighted by Crippen LogP contribution is -2.10. The van der Waals surface area contributed by atoms with E-state index in [0.717, 1.165) is 19.2 Å². The van der Waals surface area contributed by atoms with Gasteiger partial charge >= 0.3 is 5.97 Å². The normalized spacial score (nSPS) is 9.80. The highest BCUT2D eigenvalue weighted by molar-refractivity contribution is 6.05. The molecule has 0 aromatic heterocycles. The standard InChI is InChI=1S/C10H8F2O3/c1-15-10(14)5-9(13)6-2-7(11)4-8(12)3-6/h2-4H,5H2,1H3. The van der Waals surface area contributed by atoms with E-state index in [1.165, 1.54) is 0 Å². The number of ketones is 1. The third-order valence-electron chi connectivity index (χ3n) is 1.72. The van der Waals surface area contributed by atoms with E-state index in [1.807, 2.05) is 0 Å². The fourth-order valence-corrected chi connectivity index (χ4v) is 1.02. The summed E-state index contributed by atoms with van der Waals surface area (Å²) in [5.74, 6) is -3.14. The summed E-state index contributed by atoms with van der Waals surface area (Å²) >= 11 is 0. The lowest BCUT2D eigenvalue weighted by molar-refractivity contribution is -0.139. The second-order valence-electron chi connectivity index (χ2n) is 2.83. The molecule has 0 bridgehead atoms. The molecule has 0 unspecified atom stereocenters. The number of carbonyl (C=O) groups excluding carboxylic acids is 2. The number of benzene rings is 1. The van der Waals surface area contributed by atoms with Gasteiger partial charge in [-0.15, -0.1) is 0 Å². The second kappa shape index (κ2) is 4.63. The van der Waals surface area contributed by atoms with Gasteiger partial charge in [-0.2, -0.15) is 0 Å². The van der Waals surface area contributed by atoms with Crippen LogP contribution in [0.5, 0.6) is 0 Å². The first kappa shape index (κ1) is 11.3. The van der Waals surface area contributed by atoms with E-state index in [0.29, 0.717) is 6.07 Å². The van der Waals surface area contributed by atoms with Gasteiger partial charge in [0.05, 0.1) is 7.11 Å². The minimum absolute atomic E-state index is 0.182. The first-order valence-corrected chi connectivity index (χ1v) is 4.09. The molecule has 0 aliphatic carbocycles. The van der Waals surface area contributed by atoms with Crippen molar-refractivity contribution in [2.45, 2.75) is 6.42 Å². The Balaban J connectivity index is 2.86. The molecule has 0 aliphatic rings. The van der Waals surface area contributed by atoms with Crippen LogP contribution in [0.15, 0.2) is 18.2 Å². The summed E-state index contributed by atoms with van der Waals surface area (Å²) in [5, 5.41) is 0. The van der Waals surface area contributed by atoms with Crippen LogP contribution in [-0.2, 0) is 9.53 Å². The van der Waals surface area contributed by atoms with Crippen LogP contribution >= 0.6 is 0 Å². The van der Waals surface area contributed by atoms with Gasteiger partial charge in [0.15, 0.2) is 5.78 Å². The highest BCUT2D eigenvalue weighted by Crippen LogP contribution is 2.10. The third kappa shape index (κ3) is 3.12. The molecule has 0 atom stereocenters. The summed E-state index contributed by atoms with van der Waals surface area (Å²) in [7, 11) is 1.13. The number of Topliss-reactive ketones (excluding diaryl/α,β-unsaturated/α-hetero) is 1. The van der Waals surface area contributed by atoms with Crippen LogP contribution in [0.25, 0.3) is 0 Å². The zero-order valence-electron chi connectivity index (χ0n) is 7.92. The van der Waals surface area contributed by atoms with E-state index in [2.05, 4.69) is 4.74 Å². The Morgan fingerprint density at radius 1 is 1.20 bits per heavy atom. The molecule has 0 aliphatic heterocycles. The van der Waals surface area contributed by atoms with Gasteiger partial charge < -0.3 is 4.74 Å². The van der Waals surface area contributed by atoms with Crippen molar-refractivity contribution >= 4 is 11.8 Å². The van der Waals surface area contributed by atoms with Crippen LogP contribution < -0.4 is 0 Å². The van der Waals surface area contributed by atoms with Crippen molar-refractivity contribution in [2.24, 2.45) is 0 Å². The van der Waals surface area contributed by atoms with Gasteiger partial charge in [-0.3, -0.25) is 9.59 Å². The molecule has 3 nitrogen and oxygen atoms in total. The molecular formula is C10H8F2O3. The van der Waals surface area contributed by atoms with Gasteiger partial charge in [0.25, 0.3) is 0 Å². The molecule has 0 fully saturated rings. The summed E-state index contributed by atoms with van der Waals surface area (Å²) in [5.41, 5.74) is -0.182. The average Bonchev–Trinajstić information content (AvgIpc) is 2.16. The number of hydrogen-bond donors (Lipinski definition) is 0. The Labute approximate surface area is 84.7 Å². The number of rotatable bonds is 3. The Kier molecular flexibility index (Phi) is 3.49. The van der Waals surface area contributed by atoms with Crippen molar-refractivity contribution in [3.63, 3.8) is 0 Å². The van der Waals surface area contributed by atoms with Gasteiger partial charge in [0.2, 0.25) is 0 Å². The van der Waals surface area contributed by atoms with Crippen molar-refractivity contribution in [3.8, 4) is 0 Å². The highest BCUT2D eigenvalue weighted by atomic mass is 19.1. The largest absolute Gasteiger partial charge is 0.469 e. The van der Waals surface area contributed by atoms with E-state index in [-0.39, 0.29) is 5.56 Å². The first-order valence-electron chi connectivity index (χ1n) is 4.09. The van der Waals surface area contributed by atoms with Gasteiger partial charge in [-0.25, -0.2) is 8.78 Å². The minimum atomic E-state index is -0.858. The van der Waals surface area contributed by atoms with E-state index < -0.39 is 29.8 Å². The van der Waals surface area contributed by atoms with Crippen LogP contribution in [0.3, 0.4) is 0 Å². The number of methoxy groups -OCH3 is 1. The molecule has 0 spiro atoms. The molecule has 0 saturated heterocycles. The zero-order chi connectivity index (χ0) is 11.4. The van der Waals surface area contributed by atoms with Crippen molar-refractivity contribution in [2.75, 3.05) is 7.11 Å². The van der Waals surface area contributed by atoms with Gasteiger partial charge in [-0.05, 0) is 12.1 Å². The number of halogens is 2. The molecule has 15 heavy (non-hydrogen) atoms. The first-order chi connectivity index (χ1) is 7.02. The SMILES string of the molecule is COC(=O)CC(=O)c1cc(F)cc(F)c1. The molecular weight excluding hydrogens is 206 g/mol. The fourth-order valence-electron chi connectivity index (χ4n) is 1.02. The minimum Gasteiger partial charge on any atom is -0.469 e. The van der Waals surface area contributed by atoms with E-state index in [9.17, 15) is 18.4 Å². The maximum atomic E-state index is 12.7. The maximum absolute atomic E-state index is 12.7. The number of esters is 1. The van der Waals surface area contributed by atoms with Crippen LogP contribution in [0.1, 0.15) is 16.8 Å². The molecule has 80 valence electrons. The summed E-state index contributed by atoms with van der Waals surface area (Å²) in [6.45, 7) is 0. The molecule has 0 N–H and O–H groups in total.